The lowest BCUT2D eigenvalue weighted by atomic mass is 10.00. The van der Waals surface area contributed by atoms with E-state index in [1.807, 2.05) is 30.3 Å². The third-order valence-electron chi connectivity index (χ3n) is 4.42. The molecule has 27 heavy (non-hydrogen) atoms. The van der Waals surface area contributed by atoms with Gasteiger partial charge in [-0.05, 0) is 18.4 Å². The second kappa shape index (κ2) is 11.0. The number of ether oxygens (including phenoxy) is 1. The molecule has 0 radical (unpaired) electrons. The number of unbranched alkanes of at least 4 members (excludes halogenated alkanes) is 1. The van der Waals surface area contributed by atoms with Crippen LogP contribution in [0.3, 0.4) is 0 Å². The van der Waals surface area contributed by atoms with Crippen molar-refractivity contribution < 1.29 is 24.2 Å². The van der Waals surface area contributed by atoms with Crippen LogP contribution in [0.2, 0.25) is 0 Å². The van der Waals surface area contributed by atoms with Crippen LogP contribution in [-0.4, -0.2) is 47.0 Å². The van der Waals surface area contributed by atoms with Crippen molar-refractivity contribution in [3.63, 3.8) is 0 Å². The lowest BCUT2D eigenvalue weighted by Crippen LogP contribution is -2.46. The number of carboxylic acid groups (broad SMARTS) is 1. The average Bonchev–Trinajstić information content (AvgIpc) is 2.65. The van der Waals surface area contributed by atoms with Crippen molar-refractivity contribution in [2.24, 2.45) is 0 Å². The van der Waals surface area contributed by atoms with Crippen molar-refractivity contribution >= 4 is 17.8 Å². The van der Waals surface area contributed by atoms with Gasteiger partial charge in [0, 0.05) is 38.1 Å². The van der Waals surface area contributed by atoms with Gasteiger partial charge < -0.3 is 9.84 Å². The Morgan fingerprint density at radius 3 is 2.70 bits per heavy atom. The number of Topliss-reactive ketones (excluding diaryl/α,β-unsaturated/α-hetero) is 1. The first-order valence-corrected chi connectivity index (χ1v) is 9.23. The van der Waals surface area contributed by atoms with Gasteiger partial charge in [-0.3, -0.25) is 14.5 Å². The molecular weight excluding hydrogens is 346 g/mol. The molecule has 1 N–H and O–H groups in total. The average molecular weight is 371 g/mol. The Hall–Kier alpha value is -2.81. The predicted octanol–water partition coefficient (Wildman–Crippen LogP) is 3.05. The van der Waals surface area contributed by atoms with E-state index in [0.29, 0.717) is 45.1 Å². The monoisotopic (exact) mass is 371 g/mol. The van der Waals surface area contributed by atoms with Crippen molar-refractivity contribution in [2.75, 3.05) is 13.2 Å². The molecule has 6 heteroatoms. The quantitative estimate of drug-likeness (QED) is 0.533. The zero-order chi connectivity index (χ0) is 19.5. The maximum atomic E-state index is 12.2. The number of hydrogen-bond acceptors (Lipinski definition) is 4. The maximum Gasteiger partial charge on any atom is 0.410 e. The van der Waals surface area contributed by atoms with Crippen molar-refractivity contribution in [1.29, 1.82) is 0 Å². The summed E-state index contributed by atoms with van der Waals surface area (Å²) in [4.78, 5) is 36.3. The van der Waals surface area contributed by atoms with Crippen molar-refractivity contribution in [3.8, 4) is 11.8 Å². The van der Waals surface area contributed by atoms with Gasteiger partial charge in [0.15, 0.2) is 0 Å². The molecule has 1 atom stereocenters. The van der Waals surface area contributed by atoms with Crippen LogP contribution < -0.4 is 0 Å². The van der Waals surface area contributed by atoms with Gasteiger partial charge in [-0.2, -0.15) is 0 Å². The molecule has 1 saturated heterocycles. The molecule has 0 aromatic heterocycles. The fraction of sp³-hybridized carbons (Fsp3) is 0.476. The van der Waals surface area contributed by atoms with E-state index in [4.69, 9.17) is 9.84 Å². The molecule has 0 spiro atoms. The summed E-state index contributed by atoms with van der Waals surface area (Å²) in [5.74, 6) is 5.13. The van der Waals surface area contributed by atoms with E-state index >= 15 is 0 Å². The van der Waals surface area contributed by atoms with Gasteiger partial charge in [-0.1, -0.05) is 36.3 Å². The Kier molecular flexibility index (Phi) is 8.37. The molecule has 1 fully saturated rings. The van der Waals surface area contributed by atoms with Gasteiger partial charge in [-0.15, -0.1) is 5.92 Å². The van der Waals surface area contributed by atoms with Crippen molar-refractivity contribution in [3.05, 3.63) is 35.9 Å². The second-order valence-electron chi connectivity index (χ2n) is 6.53. The smallest absolute Gasteiger partial charge is 0.410 e. The summed E-state index contributed by atoms with van der Waals surface area (Å²) in [5, 5.41) is 8.60. The van der Waals surface area contributed by atoms with E-state index in [1.165, 1.54) is 0 Å². The lowest BCUT2D eigenvalue weighted by Gasteiger charge is -2.33. The van der Waals surface area contributed by atoms with Crippen LogP contribution in [0.5, 0.6) is 0 Å². The van der Waals surface area contributed by atoms with Crippen LogP contribution >= 0.6 is 0 Å². The predicted molar refractivity (Wildman–Crippen MR) is 100 cm³/mol. The number of benzene rings is 1. The van der Waals surface area contributed by atoms with E-state index in [2.05, 4.69) is 11.8 Å². The number of rotatable bonds is 9. The van der Waals surface area contributed by atoms with E-state index < -0.39 is 12.1 Å². The Labute approximate surface area is 159 Å². The maximum absolute atomic E-state index is 12.2. The van der Waals surface area contributed by atoms with Crippen LogP contribution in [0, 0.1) is 11.8 Å². The van der Waals surface area contributed by atoms with Crippen LogP contribution in [0.1, 0.15) is 44.1 Å². The zero-order valence-corrected chi connectivity index (χ0v) is 15.4. The summed E-state index contributed by atoms with van der Waals surface area (Å²) in [6, 6.07) is 9.55. The Morgan fingerprint density at radius 2 is 1.96 bits per heavy atom. The molecule has 1 aliphatic rings. The van der Waals surface area contributed by atoms with Crippen molar-refractivity contribution in [2.45, 2.75) is 51.0 Å². The summed E-state index contributed by atoms with van der Waals surface area (Å²) >= 11 is 0. The zero-order valence-electron chi connectivity index (χ0n) is 15.4. The number of carbonyl (C=O) groups excluding carboxylic acids is 2. The molecule has 1 aromatic rings. The molecule has 0 saturated carbocycles. The van der Waals surface area contributed by atoms with Gasteiger partial charge in [0.1, 0.15) is 5.78 Å². The first-order valence-electron chi connectivity index (χ1n) is 9.23. The highest BCUT2D eigenvalue weighted by Gasteiger charge is 2.29. The molecule has 1 amide bonds. The summed E-state index contributed by atoms with van der Waals surface area (Å²) in [6.45, 7) is 0.600. The van der Waals surface area contributed by atoms with Gasteiger partial charge >= 0.3 is 12.1 Å². The Bertz CT molecular complexity index is 704. The first-order chi connectivity index (χ1) is 13.1. The topological polar surface area (TPSA) is 83.9 Å². The minimum absolute atomic E-state index is 0.0562. The third-order valence-corrected chi connectivity index (χ3v) is 4.42. The normalized spacial score (nSPS) is 16.2. The molecule has 0 aliphatic carbocycles. The number of aliphatic carboxylic acids is 1. The standard InChI is InChI=1S/C21H25NO5/c23-19(16-17-8-4-3-5-9-17)12-11-18-13-15-27-21(26)22(18)14-7-2-1-6-10-20(24)25/h3-5,8-9,18H,1,6,10-16H2,(H,24,25)/t18-/m0/s1. The number of nitrogens with zero attached hydrogens (tertiary/aromatic N) is 1. The van der Waals surface area contributed by atoms with Gasteiger partial charge in [0.05, 0.1) is 13.2 Å². The fourth-order valence-electron chi connectivity index (χ4n) is 2.96. The number of carboxylic acids is 1. The highest BCUT2D eigenvalue weighted by molar-refractivity contribution is 5.81. The minimum Gasteiger partial charge on any atom is -0.481 e. The molecule has 144 valence electrons. The second-order valence-corrected chi connectivity index (χ2v) is 6.53. The largest absolute Gasteiger partial charge is 0.481 e. The number of cyclic esters (lactones) is 1. The van der Waals surface area contributed by atoms with Crippen LogP contribution in [-0.2, 0) is 20.7 Å². The summed E-state index contributed by atoms with van der Waals surface area (Å²) in [6.07, 6.45) is 2.76. The minimum atomic E-state index is -0.836. The van der Waals surface area contributed by atoms with Gasteiger partial charge in [0.25, 0.3) is 0 Å². The Balaban J connectivity index is 1.80. The summed E-state index contributed by atoms with van der Waals surface area (Å²) < 4.78 is 5.09. The highest BCUT2D eigenvalue weighted by atomic mass is 16.6. The van der Waals surface area contributed by atoms with Gasteiger partial charge in [0.2, 0.25) is 0 Å². The van der Waals surface area contributed by atoms with Crippen LogP contribution in [0.15, 0.2) is 30.3 Å². The fourth-order valence-corrected chi connectivity index (χ4v) is 2.96. The Morgan fingerprint density at radius 1 is 1.19 bits per heavy atom. The summed E-state index contributed by atoms with van der Waals surface area (Å²) in [5.41, 5.74) is 0.995. The first kappa shape index (κ1) is 20.5. The summed E-state index contributed by atoms with van der Waals surface area (Å²) in [7, 11) is 0. The van der Waals surface area contributed by atoms with E-state index in [9.17, 15) is 14.4 Å². The molecule has 1 aromatic carbocycles. The molecule has 1 heterocycles. The van der Waals surface area contributed by atoms with E-state index in [1.54, 1.807) is 4.90 Å². The SMILES string of the molecule is O=C(O)CCCC#CCN1C(=O)OCC[C@@H]1CCC(=O)Cc1ccccc1. The number of ketones is 1. The van der Waals surface area contributed by atoms with E-state index in [0.717, 1.165) is 5.56 Å². The molecule has 6 nitrogen and oxygen atoms in total. The molecule has 0 unspecified atom stereocenters. The molecular formula is C21H25NO5. The van der Waals surface area contributed by atoms with Gasteiger partial charge in [-0.25, -0.2) is 4.79 Å². The van der Waals surface area contributed by atoms with Crippen molar-refractivity contribution in [1.82, 2.24) is 4.90 Å². The van der Waals surface area contributed by atoms with E-state index in [-0.39, 0.29) is 24.8 Å². The third kappa shape index (κ3) is 7.53. The number of carbonyl (C=O) groups is 3. The molecule has 1 aliphatic heterocycles. The molecule has 2 rings (SSSR count). The number of amides is 1. The molecule has 0 bridgehead atoms. The number of hydrogen-bond donors (Lipinski definition) is 1. The van der Waals surface area contributed by atoms with Crippen LogP contribution in [0.4, 0.5) is 4.79 Å². The van der Waals surface area contributed by atoms with Crippen LogP contribution in [0.25, 0.3) is 0 Å². The lowest BCUT2D eigenvalue weighted by molar-refractivity contribution is -0.137. The highest BCUT2D eigenvalue weighted by Crippen LogP contribution is 2.18.